The number of rotatable bonds is 4. The summed E-state index contributed by atoms with van der Waals surface area (Å²) in [6, 6.07) is 5.31. The molecule has 0 saturated heterocycles. The lowest BCUT2D eigenvalue weighted by Crippen LogP contribution is -2.32. The molecular formula is C11H17N3O3S. The van der Waals surface area contributed by atoms with Gasteiger partial charge in [0.1, 0.15) is 0 Å². The van der Waals surface area contributed by atoms with E-state index in [1.54, 1.807) is 6.92 Å². The zero-order chi connectivity index (χ0) is 13.9. The van der Waals surface area contributed by atoms with Crippen molar-refractivity contribution in [2.45, 2.75) is 17.9 Å². The van der Waals surface area contributed by atoms with Gasteiger partial charge in [-0.1, -0.05) is 0 Å². The minimum atomic E-state index is -3.44. The largest absolute Gasteiger partial charge is 0.325 e. The van der Waals surface area contributed by atoms with Gasteiger partial charge in [0.05, 0.1) is 10.9 Å². The molecule has 0 unspecified atom stereocenters. The molecule has 0 aliphatic carbocycles. The number of nitrogens with one attached hydrogen (secondary N) is 1. The van der Waals surface area contributed by atoms with Crippen LogP contribution in [0, 0.1) is 0 Å². The molecule has 0 radical (unpaired) electrons. The summed E-state index contributed by atoms with van der Waals surface area (Å²) in [5, 5.41) is 2.58. The second kappa shape index (κ2) is 5.47. The molecule has 0 aromatic heterocycles. The van der Waals surface area contributed by atoms with Gasteiger partial charge in [-0.3, -0.25) is 4.79 Å². The lowest BCUT2D eigenvalue weighted by atomic mass is 10.3. The molecule has 0 aliphatic heterocycles. The van der Waals surface area contributed by atoms with Crippen molar-refractivity contribution in [3.63, 3.8) is 0 Å². The number of amides is 1. The van der Waals surface area contributed by atoms with Crippen molar-refractivity contribution in [3.8, 4) is 0 Å². The summed E-state index contributed by atoms with van der Waals surface area (Å²) in [6.45, 7) is 1.57. The third kappa shape index (κ3) is 3.28. The Kier molecular flexibility index (Phi) is 4.44. The maximum atomic E-state index is 11.8. The van der Waals surface area contributed by atoms with Gasteiger partial charge in [-0.15, -0.1) is 0 Å². The Morgan fingerprint density at radius 1 is 1.28 bits per heavy atom. The van der Waals surface area contributed by atoms with E-state index < -0.39 is 16.1 Å². The topological polar surface area (TPSA) is 92.5 Å². The highest BCUT2D eigenvalue weighted by Gasteiger charge is 2.16. The second-order valence-corrected chi connectivity index (χ2v) is 6.24. The zero-order valence-electron chi connectivity index (χ0n) is 10.5. The van der Waals surface area contributed by atoms with E-state index in [0.29, 0.717) is 5.69 Å². The highest BCUT2D eigenvalue weighted by atomic mass is 32.2. The van der Waals surface area contributed by atoms with Crippen molar-refractivity contribution in [2.24, 2.45) is 5.73 Å². The van der Waals surface area contributed by atoms with Crippen LogP contribution in [0.5, 0.6) is 0 Å². The lowest BCUT2D eigenvalue weighted by molar-refractivity contribution is -0.117. The lowest BCUT2D eigenvalue weighted by Gasteiger charge is -2.12. The molecule has 3 N–H and O–H groups in total. The van der Waals surface area contributed by atoms with Crippen molar-refractivity contribution in [3.05, 3.63) is 24.3 Å². The summed E-state index contributed by atoms with van der Waals surface area (Å²) in [5.74, 6) is -0.321. The van der Waals surface area contributed by atoms with Gasteiger partial charge in [0, 0.05) is 19.8 Å². The van der Waals surface area contributed by atoms with Gasteiger partial charge in [-0.05, 0) is 31.2 Å². The summed E-state index contributed by atoms with van der Waals surface area (Å²) in [7, 11) is -0.524. The number of sulfonamides is 1. The summed E-state index contributed by atoms with van der Waals surface area (Å²) < 4.78 is 24.7. The van der Waals surface area contributed by atoms with E-state index in [0.717, 1.165) is 4.31 Å². The van der Waals surface area contributed by atoms with Crippen LogP contribution < -0.4 is 11.1 Å². The first-order valence-electron chi connectivity index (χ1n) is 5.34. The van der Waals surface area contributed by atoms with Crippen LogP contribution in [-0.4, -0.2) is 38.8 Å². The van der Waals surface area contributed by atoms with E-state index in [1.807, 2.05) is 0 Å². The van der Waals surface area contributed by atoms with Crippen LogP contribution in [0.1, 0.15) is 6.92 Å². The van der Waals surface area contributed by atoms with E-state index in [9.17, 15) is 13.2 Å². The molecule has 0 saturated carbocycles. The number of carbonyl (C=O) groups is 1. The van der Waals surface area contributed by atoms with Crippen LogP contribution in [0.2, 0.25) is 0 Å². The van der Waals surface area contributed by atoms with E-state index in [4.69, 9.17) is 5.73 Å². The first-order valence-corrected chi connectivity index (χ1v) is 6.78. The SMILES string of the molecule is C[C@@H](N)C(=O)Nc1ccc(S(=O)(=O)N(C)C)cc1. The van der Waals surface area contributed by atoms with Gasteiger partial charge in [0.25, 0.3) is 0 Å². The molecule has 1 atom stereocenters. The fourth-order valence-electron chi connectivity index (χ4n) is 1.18. The summed E-state index contributed by atoms with van der Waals surface area (Å²) in [4.78, 5) is 11.5. The van der Waals surface area contributed by atoms with Gasteiger partial charge in [0.15, 0.2) is 0 Å². The quantitative estimate of drug-likeness (QED) is 0.819. The molecule has 0 aliphatic rings. The van der Waals surface area contributed by atoms with Crippen LogP contribution in [0.25, 0.3) is 0 Å². The fourth-order valence-corrected chi connectivity index (χ4v) is 2.08. The standard InChI is InChI=1S/C11H17N3O3S/c1-8(12)11(15)13-9-4-6-10(7-5-9)18(16,17)14(2)3/h4-8H,12H2,1-3H3,(H,13,15)/t8-/m1/s1. The third-order valence-corrected chi connectivity index (χ3v) is 4.14. The van der Waals surface area contributed by atoms with Crippen molar-refractivity contribution in [1.29, 1.82) is 0 Å². The maximum Gasteiger partial charge on any atom is 0.242 e. The molecule has 100 valence electrons. The number of anilines is 1. The Balaban J connectivity index is 2.91. The van der Waals surface area contributed by atoms with Crippen molar-refractivity contribution >= 4 is 21.6 Å². The Hall–Kier alpha value is -1.44. The van der Waals surface area contributed by atoms with E-state index >= 15 is 0 Å². The van der Waals surface area contributed by atoms with Crippen LogP contribution in [-0.2, 0) is 14.8 Å². The average Bonchev–Trinajstić information content (AvgIpc) is 2.29. The van der Waals surface area contributed by atoms with Crippen LogP contribution in [0.3, 0.4) is 0 Å². The number of nitrogens with two attached hydrogens (primary N) is 1. The van der Waals surface area contributed by atoms with Crippen molar-refractivity contribution in [1.82, 2.24) is 4.31 Å². The normalized spacial score (nSPS) is 13.4. The number of carbonyl (C=O) groups excluding carboxylic acids is 1. The van der Waals surface area contributed by atoms with Crippen molar-refractivity contribution in [2.75, 3.05) is 19.4 Å². The molecule has 6 nitrogen and oxygen atoms in total. The molecule has 7 heteroatoms. The monoisotopic (exact) mass is 271 g/mol. The van der Waals surface area contributed by atoms with Crippen LogP contribution >= 0.6 is 0 Å². The van der Waals surface area contributed by atoms with E-state index in [-0.39, 0.29) is 10.8 Å². The number of benzene rings is 1. The van der Waals surface area contributed by atoms with Gasteiger partial charge >= 0.3 is 0 Å². The van der Waals surface area contributed by atoms with Gasteiger partial charge in [-0.25, -0.2) is 12.7 Å². The van der Waals surface area contributed by atoms with Crippen molar-refractivity contribution < 1.29 is 13.2 Å². The van der Waals surface area contributed by atoms with Gasteiger partial charge in [0.2, 0.25) is 15.9 Å². The van der Waals surface area contributed by atoms with Gasteiger partial charge in [-0.2, -0.15) is 0 Å². The average molecular weight is 271 g/mol. The Morgan fingerprint density at radius 3 is 2.17 bits per heavy atom. The third-order valence-electron chi connectivity index (χ3n) is 2.31. The Bertz CT molecular complexity index is 521. The minimum absolute atomic E-state index is 0.172. The molecule has 1 amide bonds. The summed E-state index contributed by atoms with van der Waals surface area (Å²) >= 11 is 0. The highest BCUT2D eigenvalue weighted by molar-refractivity contribution is 7.89. The summed E-state index contributed by atoms with van der Waals surface area (Å²) in [5.41, 5.74) is 5.92. The first kappa shape index (κ1) is 14.6. The molecule has 0 fully saturated rings. The fraction of sp³-hybridized carbons (Fsp3) is 0.364. The second-order valence-electron chi connectivity index (χ2n) is 4.09. The molecule has 0 bridgehead atoms. The summed E-state index contributed by atoms with van der Waals surface area (Å²) in [6.07, 6.45) is 0. The predicted molar refractivity (Wildman–Crippen MR) is 69.6 cm³/mol. The van der Waals surface area contributed by atoms with Crippen LogP contribution in [0.4, 0.5) is 5.69 Å². The molecule has 1 aromatic carbocycles. The predicted octanol–water partition coefficient (Wildman–Crippen LogP) is 0.223. The smallest absolute Gasteiger partial charge is 0.242 e. The molecule has 1 aromatic rings. The zero-order valence-corrected chi connectivity index (χ0v) is 11.4. The first-order chi connectivity index (χ1) is 8.25. The Labute approximate surface area is 107 Å². The van der Waals surface area contributed by atoms with Crippen LogP contribution in [0.15, 0.2) is 29.2 Å². The molecule has 0 heterocycles. The highest BCUT2D eigenvalue weighted by Crippen LogP contribution is 2.16. The van der Waals surface area contributed by atoms with E-state index in [2.05, 4.69) is 5.32 Å². The Morgan fingerprint density at radius 2 is 1.78 bits per heavy atom. The number of hydrogen-bond acceptors (Lipinski definition) is 4. The minimum Gasteiger partial charge on any atom is -0.325 e. The molecule has 18 heavy (non-hydrogen) atoms. The maximum absolute atomic E-state index is 11.8. The van der Waals surface area contributed by atoms with E-state index in [1.165, 1.54) is 38.4 Å². The molecule has 0 spiro atoms. The molecular weight excluding hydrogens is 254 g/mol. The number of nitrogens with zero attached hydrogens (tertiary/aromatic N) is 1. The molecule has 1 rings (SSSR count). The van der Waals surface area contributed by atoms with Gasteiger partial charge < -0.3 is 11.1 Å². The number of hydrogen-bond donors (Lipinski definition) is 2.